The number of hydrogen-bond acceptors (Lipinski definition) is 9. The molecule has 10 nitrogen and oxygen atoms in total. The van der Waals surface area contributed by atoms with E-state index in [2.05, 4.69) is 0 Å². The Hall–Kier alpha value is -3.95. The Kier molecular flexibility index (Phi) is 5.18. The molecule has 5 N–H and O–H groups in total. The number of carboxylic acid groups (broad SMARTS) is 1. The number of fused-ring (bicyclic) bond motifs is 1. The topological polar surface area (TPSA) is 171 Å². The van der Waals surface area contributed by atoms with Crippen LogP contribution >= 0.6 is 0 Å². The summed E-state index contributed by atoms with van der Waals surface area (Å²) in [6.07, 6.45) is -3.91. The molecule has 0 aliphatic carbocycles. The summed E-state index contributed by atoms with van der Waals surface area (Å²) in [6.45, 7) is 0. The Morgan fingerprint density at radius 2 is 1.69 bits per heavy atom. The Balaban J connectivity index is 2.02. The number of carbonyl (C=O) groups excluding carboxylic acids is 2. The number of carbonyl (C=O) groups is 3. The number of aromatic hydroxyl groups is 4. The van der Waals surface area contributed by atoms with Gasteiger partial charge in [0.1, 0.15) is 22.8 Å². The monoisotopic (exact) mass is 404 g/mol. The summed E-state index contributed by atoms with van der Waals surface area (Å²) in [5, 5.41) is 47.6. The second-order valence-electron chi connectivity index (χ2n) is 6.29. The summed E-state index contributed by atoms with van der Waals surface area (Å²) in [4.78, 5) is 35.6. The van der Waals surface area contributed by atoms with Crippen LogP contribution in [-0.2, 0) is 14.3 Å². The second-order valence-corrected chi connectivity index (χ2v) is 6.29. The first-order chi connectivity index (χ1) is 13.7. The number of ketones is 1. The van der Waals surface area contributed by atoms with E-state index in [1.807, 2.05) is 0 Å². The number of rotatable bonds is 5. The number of aliphatic carboxylic acids is 1. The van der Waals surface area contributed by atoms with Crippen molar-refractivity contribution in [3.63, 3.8) is 0 Å². The molecule has 1 aliphatic rings. The Labute approximate surface area is 163 Å². The maximum atomic E-state index is 12.9. The number of carboxylic acids is 1. The number of benzene rings is 2. The van der Waals surface area contributed by atoms with E-state index in [0.29, 0.717) is 0 Å². The minimum Gasteiger partial charge on any atom is -0.508 e. The van der Waals surface area contributed by atoms with Crippen molar-refractivity contribution >= 4 is 17.7 Å². The van der Waals surface area contributed by atoms with Crippen molar-refractivity contribution in [3.05, 3.63) is 41.5 Å². The van der Waals surface area contributed by atoms with Gasteiger partial charge in [0.2, 0.25) is 11.9 Å². The van der Waals surface area contributed by atoms with Gasteiger partial charge in [0, 0.05) is 17.7 Å². The standard InChI is InChI=1S/C19H16O10/c20-9-6-12(23)16-13(7-9)28-18(8-1-2-10(21)11(22)5-8)19(17(16)27)29-15(26)4-3-14(24)25/h1-2,5-7,18-23H,3-4H2,(H,24,25)/t18-,19+/m0/s1. The summed E-state index contributed by atoms with van der Waals surface area (Å²) in [5.74, 6) is -5.15. The van der Waals surface area contributed by atoms with Crippen LogP contribution in [0, 0.1) is 0 Å². The average molecular weight is 404 g/mol. The van der Waals surface area contributed by atoms with Gasteiger partial charge in [0.05, 0.1) is 12.8 Å². The van der Waals surface area contributed by atoms with Gasteiger partial charge in [-0.05, 0) is 12.1 Å². The van der Waals surface area contributed by atoms with Crippen LogP contribution in [0.5, 0.6) is 28.7 Å². The lowest BCUT2D eigenvalue weighted by Crippen LogP contribution is -2.40. The van der Waals surface area contributed by atoms with Gasteiger partial charge < -0.3 is 35.0 Å². The molecule has 1 aliphatic heterocycles. The fraction of sp³-hybridized carbons (Fsp3) is 0.211. The normalized spacial score (nSPS) is 17.9. The molecule has 0 bridgehead atoms. The first-order valence-electron chi connectivity index (χ1n) is 8.37. The number of phenols is 4. The zero-order valence-electron chi connectivity index (χ0n) is 14.7. The summed E-state index contributed by atoms with van der Waals surface area (Å²) < 4.78 is 10.8. The summed E-state index contributed by atoms with van der Waals surface area (Å²) >= 11 is 0. The van der Waals surface area contributed by atoms with Gasteiger partial charge in [-0.15, -0.1) is 0 Å². The van der Waals surface area contributed by atoms with Crippen molar-refractivity contribution in [2.75, 3.05) is 0 Å². The minimum absolute atomic E-state index is 0.151. The van der Waals surface area contributed by atoms with Crippen molar-refractivity contribution < 1.29 is 49.4 Å². The maximum Gasteiger partial charge on any atom is 0.307 e. The van der Waals surface area contributed by atoms with E-state index in [1.165, 1.54) is 6.07 Å². The first-order valence-corrected chi connectivity index (χ1v) is 8.37. The molecule has 0 saturated heterocycles. The van der Waals surface area contributed by atoms with Gasteiger partial charge in [-0.2, -0.15) is 0 Å². The Morgan fingerprint density at radius 1 is 0.966 bits per heavy atom. The molecule has 3 rings (SSSR count). The molecule has 0 fully saturated rings. The molecule has 0 radical (unpaired) electrons. The smallest absolute Gasteiger partial charge is 0.307 e. The summed E-state index contributed by atoms with van der Waals surface area (Å²) in [6, 6.07) is 5.55. The van der Waals surface area contributed by atoms with Gasteiger partial charge in [-0.3, -0.25) is 14.4 Å². The predicted octanol–water partition coefficient (Wildman–Crippen LogP) is 1.60. The minimum atomic E-state index is -1.61. The molecular formula is C19H16O10. The van der Waals surface area contributed by atoms with Gasteiger partial charge in [0.25, 0.3) is 0 Å². The molecule has 29 heavy (non-hydrogen) atoms. The van der Waals surface area contributed by atoms with Crippen molar-refractivity contribution in [1.82, 2.24) is 0 Å². The van der Waals surface area contributed by atoms with E-state index < -0.39 is 60.0 Å². The van der Waals surface area contributed by atoms with E-state index in [4.69, 9.17) is 14.6 Å². The number of hydrogen-bond donors (Lipinski definition) is 5. The molecule has 0 saturated carbocycles. The number of Topliss-reactive ketones (excluding diaryl/α,β-unsaturated/α-hetero) is 1. The van der Waals surface area contributed by atoms with Gasteiger partial charge >= 0.3 is 11.9 Å². The third-order valence-corrected chi connectivity index (χ3v) is 4.23. The first kappa shape index (κ1) is 19.8. The van der Waals surface area contributed by atoms with E-state index in [0.717, 1.165) is 24.3 Å². The van der Waals surface area contributed by atoms with Crippen LogP contribution in [0.3, 0.4) is 0 Å². The van der Waals surface area contributed by atoms with Crippen molar-refractivity contribution in [3.8, 4) is 28.7 Å². The van der Waals surface area contributed by atoms with E-state index in [1.54, 1.807) is 0 Å². The molecule has 2 aromatic carbocycles. The van der Waals surface area contributed by atoms with Gasteiger partial charge in [-0.1, -0.05) is 6.07 Å². The van der Waals surface area contributed by atoms with Crippen molar-refractivity contribution in [1.29, 1.82) is 0 Å². The lowest BCUT2D eigenvalue weighted by molar-refractivity contribution is -0.154. The SMILES string of the molecule is O=C(O)CCC(=O)O[C@@H]1C(=O)c2c(O)cc(O)cc2O[C@H]1c1ccc(O)c(O)c1. The highest BCUT2D eigenvalue weighted by atomic mass is 16.6. The zero-order chi connectivity index (χ0) is 21.3. The quantitative estimate of drug-likeness (QED) is 0.364. The summed E-state index contributed by atoms with van der Waals surface area (Å²) in [5.41, 5.74) is -0.170. The highest BCUT2D eigenvalue weighted by Gasteiger charge is 2.43. The van der Waals surface area contributed by atoms with E-state index in [9.17, 15) is 34.8 Å². The molecule has 0 amide bonds. The number of phenolic OH excluding ortho intramolecular Hbond substituents is 4. The zero-order valence-corrected chi connectivity index (χ0v) is 14.7. The maximum absolute atomic E-state index is 12.9. The third kappa shape index (κ3) is 4.00. The Morgan fingerprint density at radius 3 is 2.34 bits per heavy atom. The lowest BCUT2D eigenvalue weighted by Gasteiger charge is -2.32. The lowest BCUT2D eigenvalue weighted by atomic mass is 9.92. The molecule has 0 unspecified atom stereocenters. The van der Waals surface area contributed by atoms with Crippen LogP contribution in [0.25, 0.3) is 0 Å². The number of ether oxygens (including phenoxy) is 2. The van der Waals surface area contributed by atoms with Crippen LogP contribution in [0.1, 0.15) is 34.9 Å². The molecule has 0 aromatic heterocycles. The molecule has 10 heteroatoms. The van der Waals surface area contributed by atoms with Crippen molar-refractivity contribution in [2.24, 2.45) is 0 Å². The predicted molar refractivity (Wildman–Crippen MR) is 94.0 cm³/mol. The Bertz CT molecular complexity index is 997. The van der Waals surface area contributed by atoms with Crippen LogP contribution in [0.2, 0.25) is 0 Å². The molecule has 2 aromatic rings. The molecule has 1 heterocycles. The summed E-state index contributed by atoms with van der Waals surface area (Å²) in [7, 11) is 0. The van der Waals surface area contributed by atoms with Crippen LogP contribution in [0.4, 0.5) is 0 Å². The highest BCUT2D eigenvalue weighted by molar-refractivity contribution is 6.06. The van der Waals surface area contributed by atoms with Crippen molar-refractivity contribution in [2.45, 2.75) is 25.0 Å². The molecule has 152 valence electrons. The largest absolute Gasteiger partial charge is 0.508 e. The van der Waals surface area contributed by atoms with Crippen LogP contribution in [-0.4, -0.2) is 49.4 Å². The molecular weight excluding hydrogens is 388 g/mol. The second kappa shape index (κ2) is 7.58. The highest BCUT2D eigenvalue weighted by Crippen LogP contribution is 2.43. The van der Waals surface area contributed by atoms with E-state index in [-0.39, 0.29) is 22.6 Å². The third-order valence-electron chi connectivity index (χ3n) is 4.23. The molecule has 0 spiro atoms. The fourth-order valence-electron chi connectivity index (χ4n) is 2.89. The number of esters is 1. The molecule has 2 atom stereocenters. The van der Waals surface area contributed by atoms with Gasteiger partial charge in [0.15, 0.2) is 17.6 Å². The van der Waals surface area contributed by atoms with E-state index >= 15 is 0 Å². The fourth-order valence-corrected chi connectivity index (χ4v) is 2.89. The van der Waals surface area contributed by atoms with Gasteiger partial charge in [-0.25, -0.2) is 0 Å². The average Bonchev–Trinajstić information content (AvgIpc) is 2.63. The van der Waals surface area contributed by atoms with Crippen LogP contribution < -0.4 is 4.74 Å². The van der Waals surface area contributed by atoms with Crippen LogP contribution in [0.15, 0.2) is 30.3 Å².